The molecule has 0 saturated carbocycles. The Morgan fingerprint density at radius 2 is 1.59 bits per heavy atom. The second-order valence-corrected chi connectivity index (χ2v) is 6.27. The third-order valence-corrected chi connectivity index (χ3v) is 3.84. The van der Waals surface area contributed by atoms with E-state index >= 15 is 0 Å². The van der Waals surface area contributed by atoms with Gasteiger partial charge < -0.3 is 10.7 Å². The van der Waals surface area contributed by atoms with Crippen LogP contribution in [0.4, 0.5) is 5.69 Å². The van der Waals surface area contributed by atoms with Crippen LogP contribution in [0.3, 0.4) is 0 Å². The van der Waals surface area contributed by atoms with E-state index in [1.165, 1.54) is 6.20 Å². The zero-order valence-corrected chi connectivity index (χ0v) is 13.5. The lowest BCUT2D eigenvalue weighted by molar-refractivity contribution is 0.833. The Balaban J connectivity index is 2.51. The average molecular weight is 301 g/mol. The molecule has 0 aliphatic rings. The molecule has 1 aromatic heterocycles. The summed E-state index contributed by atoms with van der Waals surface area (Å²) in [7, 11) is 0. The Morgan fingerprint density at radius 3 is 2.05 bits per heavy atom. The van der Waals surface area contributed by atoms with E-state index in [-0.39, 0.29) is 5.56 Å². The number of nitrogen functional groups attached to an aromatic ring is 1. The minimum Gasteiger partial charge on any atom is -0.398 e. The summed E-state index contributed by atoms with van der Waals surface area (Å²) in [5, 5.41) is 0. The molecular weight excluding hydrogens is 278 g/mol. The monoisotopic (exact) mass is 301 g/mol. The lowest BCUT2D eigenvalue weighted by atomic mass is 9.89. The summed E-state index contributed by atoms with van der Waals surface area (Å²) in [5.41, 5.74) is 10.0. The molecule has 22 heavy (non-hydrogen) atoms. The van der Waals surface area contributed by atoms with Crippen molar-refractivity contribution >= 4 is 5.69 Å². The molecule has 0 amide bonds. The molecule has 1 heterocycles. The van der Waals surface area contributed by atoms with Crippen LogP contribution in [0.25, 0.3) is 0 Å². The molecule has 5 heteroatoms. The Morgan fingerprint density at radius 1 is 1.05 bits per heavy atom. The Labute approximate surface area is 129 Å². The third kappa shape index (κ3) is 3.30. The number of hydrogen-bond donors (Lipinski definition) is 3. The van der Waals surface area contributed by atoms with Crippen LogP contribution < -0.4 is 17.0 Å². The molecule has 4 N–H and O–H groups in total. The maximum Gasteiger partial charge on any atom is 0.325 e. The molecule has 0 fully saturated rings. The number of benzene rings is 1. The smallest absolute Gasteiger partial charge is 0.325 e. The van der Waals surface area contributed by atoms with Crippen molar-refractivity contribution in [2.24, 2.45) is 0 Å². The van der Waals surface area contributed by atoms with Gasteiger partial charge in [0.1, 0.15) is 0 Å². The summed E-state index contributed by atoms with van der Waals surface area (Å²) in [6, 6.07) is 4.10. The van der Waals surface area contributed by atoms with E-state index in [1.807, 2.05) is 0 Å². The fourth-order valence-corrected chi connectivity index (χ4v) is 2.61. The van der Waals surface area contributed by atoms with Crippen LogP contribution in [0.2, 0.25) is 0 Å². The Hall–Kier alpha value is -2.30. The zero-order valence-electron chi connectivity index (χ0n) is 13.5. The number of anilines is 1. The fourth-order valence-electron chi connectivity index (χ4n) is 2.61. The molecule has 1 aromatic carbocycles. The van der Waals surface area contributed by atoms with Gasteiger partial charge in [-0.05, 0) is 28.5 Å². The molecule has 118 valence electrons. The lowest BCUT2D eigenvalue weighted by Gasteiger charge is -2.18. The van der Waals surface area contributed by atoms with Crippen molar-refractivity contribution in [1.82, 2.24) is 9.97 Å². The molecule has 0 atom stereocenters. The number of aromatic nitrogens is 2. The first-order valence-corrected chi connectivity index (χ1v) is 7.52. The standard InChI is InChI=1S/C17H23N3O2/c1-9(2)13-6-11(7-14(10(3)4)15(13)18)5-12-8-19-17(22)20-16(12)21/h6-10H,5,18H2,1-4H3,(H2,19,20,21,22). The van der Waals surface area contributed by atoms with Gasteiger partial charge >= 0.3 is 5.69 Å². The normalized spacial score (nSPS) is 11.4. The predicted octanol–water partition coefficient (Wildman–Crippen LogP) is 2.48. The van der Waals surface area contributed by atoms with E-state index in [2.05, 4.69) is 49.8 Å². The first kappa shape index (κ1) is 16.1. The minimum atomic E-state index is -0.489. The van der Waals surface area contributed by atoms with Gasteiger partial charge in [0.15, 0.2) is 0 Å². The predicted molar refractivity (Wildman–Crippen MR) is 89.5 cm³/mol. The van der Waals surface area contributed by atoms with Crippen molar-refractivity contribution in [1.29, 1.82) is 0 Å². The summed E-state index contributed by atoms with van der Waals surface area (Å²) < 4.78 is 0. The molecule has 0 aliphatic heterocycles. The maximum atomic E-state index is 11.8. The highest BCUT2D eigenvalue weighted by Gasteiger charge is 2.14. The number of nitrogens with one attached hydrogen (secondary N) is 2. The summed E-state index contributed by atoms with van der Waals surface area (Å²) in [5.74, 6) is 0.623. The van der Waals surface area contributed by atoms with Crippen LogP contribution in [0.15, 0.2) is 27.9 Å². The maximum absolute atomic E-state index is 11.8. The van der Waals surface area contributed by atoms with E-state index in [0.717, 1.165) is 22.4 Å². The van der Waals surface area contributed by atoms with Gasteiger partial charge in [-0.2, -0.15) is 0 Å². The van der Waals surface area contributed by atoms with Gasteiger partial charge in [0.25, 0.3) is 5.56 Å². The highest BCUT2D eigenvalue weighted by atomic mass is 16.2. The van der Waals surface area contributed by atoms with Crippen molar-refractivity contribution < 1.29 is 0 Å². The fraction of sp³-hybridized carbons (Fsp3) is 0.412. The van der Waals surface area contributed by atoms with Gasteiger partial charge in [-0.15, -0.1) is 0 Å². The van der Waals surface area contributed by atoms with Gasteiger partial charge in [-0.25, -0.2) is 4.79 Å². The summed E-state index contributed by atoms with van der Waals surface area (Å²) in [4.78, 5) is 27.7. The molecule has 2 aromatic rings. The second kappa shape index (κ2) is 6.22. The highest BCUT2D eigenvalue weighted by Crippen LogP contribution is 2.31. The van der Waals surface area contributed by atoms with Crippen molar-refractivity contribution in [2.75, 3.05) is 5.73 Å². The highest BCUT2D eigenvalue weighted by molar-refractivity contribution is 5.58. The molecule has 5 nitrogen and oxygen atoms in total. The van der Waals surface area contributed by atoms with Crippen molar-refractivity contribution in [2.45, 2.75) is 46.0 Å². The zero-order chi connectivity index (χ0) is 16.4. The molecule has 0 saturated heterocycles. The van der Waals surface area contributed by atoms with Gasteiger partial charge in [0.05, 0.1) is 0 Å². The summed E-state index contributed by atoms with van der Waals surface area (Å²) in [6.07, 6.45) is 1.94. The number of aromatic amines is 2. The topological polar surface area (TPSA) is 91.7 Å². The number of nitrogens with two attached hydrogens (primary N) is 1. The SMILES string of the molecule is CC(C)c1cc(Cc2c[nH]c(=O)[nH]c2=O)cc(C(C)C)c1N. The van der Waals surface area contributed by atoms with E-state index in [9.17, 15) is 9.59 Å². The number of H-pyrrole nitrogens is 2. The Kier molecular flexibility index (Phi) is 4.54. The van der Waals surface area contributed by atoms with Crippen LogP contribution in [-0.4, -0.2) is 9.97 Å². The third-order valence-electron chi connectivity index (χ3n) is 3.84. The molecule has 0 radical (unpaired) electrons. The minimum absolute atomic E-state index is 0.311. The molecule has 0 bridgehead atoms. The van der Waals surface area contributed by atoms with Gasteiger partial charge in [-0.1, -0.05) is 39.8 Å². The van der Waals surface area contributed by atoms with Crippen LogP contribution in [0.1, 0.15) is 61.8 Å². The van der Waals surface area contributed by atoms with Crippen LogP contribution in [0, 0.1) is 0 Å². The van der Waals surface area contributed by atoms with Crippen molar-refractivity contribution in [3.63, 3.8) is 0 Å². The first-order valence-electron chi connectivity index (χ1n) is 7.52. The second-order valence-electron chi connectivity index (χ2n) is 6.27. The lowest BCUT2D eigenvalue weighted by Crippen LogP contribution is -2.24. The van der Waals surface area contributed by atoms with Gasteiger partial charge in [0, 0.05) is 23.9 Å². The van der Waals surface area contributed by atoms with Gasteiger partial charge in [0.2, 0.25) is 0 Å². The van der Waals surface area contributed by atoms with E-state index in [4.69, 9.17) is 5.73 Å². The van der Waals surface area contributed by atoms with Crippen molar-refractivity contribution in [3.8, 4) is 0 Å². The largest absolute Gasteiger partial charge is 0.398 e. The Bertz CT molecular complexity index is 756. The number of rotatable bonds is 4. The average Bonchev–Trinajstić information content (AvgIpc) is 2.42. The summed E-state index contributed by atoms with van der Waals surface area (Å²) >= 11 is 0. The van der Waals surface area contributed by atoms with Gasteiger partial charge in [-0.3, -0.25) is 9.78 Å². The number of hydrogen-bond acceptors (Lipinski definition) is 3. The van der Waals surface area contributed by atoms with Crippen LogP contribution in [-0.2, 0) is 6.42 Å². The van der Waals surface area contributed by atoms with E-state index < -0.39 is 5.69 Å². The molecular formula is C17H23N3O2. The van der Waals surface area contributed by atoms with Crippen LogP contribution in [0.5, 0.6) is 0 Å². The van der Waals surface area contributed by atoms with E-state index in [1.54, 1.807) is 0 Å². The molecule has 0 spiro atoms. The molecule has 0 aliphatic carbocycles. The molecule has 0 unspecified atom stereocenters. The van der Waals surface area contributed by atoms with E-state index in [0.29, 0.717) is 23.8 Å². The molecule has 2 rings (SSSR count). The van der Waals surface area contributed by atoms with Crippen LogP contribution >= 0.6 is 0 Å². The van der Waals surface area contributed by atoms with Crippen molar-refractivity contribution in [3.05, 3.63) is 61.4 Å². The summed E-state index contributed by atoms with van der Waals surface area (Å²) in [6.45, 7) is 8.41. The quantitative estimate of drug-likeness (QED) is 0.758. The first-order chi connectivity index (χ1) is 10.3.